The van der Waals surface area contributed by atoms with Crippen LogP contribution >= 0.6 is 0 Å². The lowest BCUT2D eigenvalue weighted by Gasteiger charge is -2.13. The molecule has 0 radical (unpaired) electrons. The number of aromatic nitrogens is 2. The molecule has 3 aromatic rings. The minimum absolute atomic E-state index is 0.338. The quantitative estimate of drug-likeness (QED) is 0.675. The van der Waals surface area contributed by atoms with Gasteiger partial charge in [-0.2, -0.15) is 0 Å². The first-order valence-corrected chi connectivity index (χ1v) is 8.02. The average molecular weight is 338 g/mol. The van der Waals surface area contributed by atoms with Gasteiger partial charge in [0.1, 0.15) is 29.0 Å². The Morgan fingerprint density at radius 1 is 0.920 bits per heavy atom. The molecule has 128 valence electrons. The lowest BCUT2D eigenvalue weighted by Crippen LogP contribution is -2.03. The second-order valence-electron chi connectivity index (χ2n) is 5.34. The van der Waals surface area contributed by atoms with E-state index < -0.39 is 0 Å². The van der Waals surface area contributed by atoms with Crippen molar-refractivity contribution in [3.05, 3.63) is 66.2 Å². The van der Waals surface area contributed by atoms with Gasteiger partial charge < -0.3 is 15.4 Å². The molecule has 0 aliphatic carbocycles. The Bertz CT molecular complexity index is 870. The van der Waals surface area contributed by atoms with Gasteiger partial charge in [0.25, 0.3) is 0 Å². The number of hydrogen-bond acceptors (Lipinski definition) is 5. The summed E-state index contributed by atoms with van der Waals surface area (Å²) in [6.45, 7) is 4.29. The number of nitrogens with one attached hydrogen (secondary N) is 2. The van der Waals surface area contributed by atoms with Crippen LogP contribution in [0.25, 0.3) is 0 Å². The van der Waals surface area contributed by atoms with Gasteiger partial charge in [0.05, 0.1) is 18.0 Å². The van der Waals surface area contributed by atoms with E-state index in [-0.39, 0.29) is 5.82 Å². The SMILES string of the molecule is CCOc1ccccc1Nc1cc(Nc2ccccc2F)nc(C)n1. The first-order chi connectivity index (χ1) is 12.2. The number of anilines is 4. The normalized spacial score (nSPS) is 10.4. The molecule has 0 bridgehead atoms. The van der Waals surface area contributed by atoms with Crippen molar-refractivity contribution in [2.75, 3.05) is 17.2 Å². The van der Waals surface area contributed by atoms with Crippen LogP contribution in [0.4, 0.5) is 27.4 Å². The zero-order valence-electron chi connectivity index (χ0n) is 14.1. The Morgan fingerprint density at radius 2 is 1.52 bits per heavy atom. The van der Waals surface area contributed by atoms with Crippen LogP contribution in [0.3, 0.4) is 0 Å². The molecule has 0 saturated carbocycles. The van der Waals surface area contributed by atoms with E-state index >= 15 is 0 Å². The van der Waals surface area contributed by atoms with Crippen LogP contribution in [0.2, 0.25) is 0 Å². The minimum atomic E-state index is -0.338. The summed E-state index contributed by atoms with van der Waals surface area (Å²) in [6, 6.07) is 15.8. The number of aryl methyl sites for hydroxylation is 1. The molecular formula is C19H19FN4O. The molecule has 0 amide bonds. The molecule has 0 spiro atoms. The molecule has 0 aliphatic rings. The predicted molar refractivity (Wildman–Crippen MR) is 97.3 cm³/mol. The maximum Gasteiger partial charge on any atom is 0.146 e. The van der Waals surface area contributed by atoms with E-state index in [0.717, 1.165) is 11.4 Å². The van der Waals surface area contributed by atoms with Crippen molar-refractivity contribution in [1.29, 1.82) is 0 Å². The lowest BCUT2D eigenvalue weighted by atomic mass is 10.3. The van der Waals surface area contributed by atoms with Crippen molar-refractivity contribution in [1.82, 2.24) is 9.97 Å². The largest absolute Gasteiger partial charge is 0.492 e. The molecule has 5 nitrogen and oxygen atoms in total. The predicted octanol–water partition coefficient (Wildman–Crippen LogP) is 4.81. The van der Waals surface area contributed by atoms with Crippen LogP contribution < -0.4 is 15.4 Å². The lowest BCUT2D eigenvalue weighted by molar-refractivity contribution is 0.342. The Kier molecular flexibility index (Phi) is 5.09. The number of ether oxygens (including phenoxy) is 1. The maximum absolute atomic E-state index is 13.8. The van der Waals surface area contributed by atoms with Crippen molar-refractivity contribution in [3.8, 4) is 5.75 Å². The molecule has 1 aromatic heterocycles. The van der Waals surface area contributed by atoms with Crippen LogP contribution in [0, 0.1) is 12.7 Å². The van der Waals surface area contributed by atoms with Gasteiger partial charge >= 0.3 is 0 Å². The highest BCUT2D eigenvalue weighted by Crippen LogP contribution is 2.28. The third-order valence-electron chi connectivity index (χ3n) is 3.42. The Morgan fingerprint density at radius 3 is 2.20 bits per heavy atom. The van der Waals surface area contributed by atoms with Crippen molar-refractivity contribution >= 4 is 23.0 Å². The zero-order chi connectivity index (χ0) is 17.6. The maximum atomic E-state index is 13.8. The number of halogens is 1. The first-order valence-electron chi connectivity index (χ1n) is 8.02. The third kappa shape index (κ3) is 4.23. The average Bonchev–Trinajstić information content (AvgIpc) is 2.58. The van der Waals surface area contributed by atoms with Gasteiger partial charge in [-0.05, 0) is 38.1 Å². The van der Waals surface area contributed by atoms with Crippen molar-refractivity contribution in [2.45, 2.75) is 13.8 Å². The number of benzene rings is 2. The van der Waals surface area contributed by atoms with Gasteiger partial charge in [-0.15, -0.1) is 0 Å². The molecule has 2 N–H and O–H groups in total. The van der Waals surface area contributed by atoms with Crippen molar-refractivity contribution in [3.63, 3.8) is 0 Å². The van der Waals surface area contributed by atoms with E-state index in [1.165, 1.54) is 6.07 Å². The van der Waals surface area contributed by atoms with Gasteiger partial charge in [0.15, 0.2) is 0 Å². The van der Waals surface area contributed by atoms with Crippen molar-refractivity contribution in [2.24, 2.45) is 0 Å². The fraction of sp³-hybridized carbons (Fsp3) is 0.158. The van der Waals surface area contributed by atoms with Crippen molar-refractivity contribution < 1.29 is 9.13 Å². The molecule has 0 fully saturated rings. The minimum Gasteiger partial charge on any atom is -0.492 e. The Labute approximate surface area is 145 Å². The zero-order valence-corrected chi connectivity index (χ0v) is 14.1. The standard InChI is InChI=1S/C19H19FN4O/c1-3-25-17-11-7-6-10-16(17)24-19-12-18(21-13(2)22-19)23-15-9-5-4-8-14(15)20/h4-12H,3H2,1-2H3,(H2,21,22,23,24). The highest BCUT2D eigenvalue weighted by molar-refractivity contribution is 5.67. The van der Waals surface area contributed by atoms with Gasteiger partial charge in [0, 0.05) is 6.07 Å². The van der Waals surface area contributed by atoms with E-state index in [0.29, 0.717) is 29.8 Å². The second-order valence-corrected chi connectivity index (χ2v) is 5.34. The van der Waals surface area contributed by atoms with Crippen LogP contribution in [-0.2, 0) is 0 Å². The molecule has 0 aliphatic heterocycles. The fourth-order valence-corrected chi connectivity index (χ4v) is 2.39. The molecule has 1 heterocycles. The van der Waals surface area contributed by atoms with Crippen LogP contribution in [0.1, 0.15) is 12.7 Å². The summed E-state index contributed by atoms with van der Waals surface area (Å²) < 4.78 is 19.4. The highest BCUT2D eigenvalue weighted by Gasteiger charge is 2.08. The van der Waals surface area contributed by atoms with Crippen LogP contribution in [-0.4, -0.2) is 16.6 Å². The molecule has 0 saturated heterocycles. The Balaban J connectivity index is 1.86. The van der Waals surface area contributed by atoms with E-state index in [2.05, 4.69) is 20.6 Å². The number of rotatable bonds is 6. The molecule has 3 rings (SSSR count). The van der Waals surface area contributed by atoms with Gasteiger partial charge in [0.2, 0.25) is 0 Å². The van der Waals surface area contributed by atoms with Crippen LogP contribution in [0.5, 0.6) is 5.75 Å². The number of para-hydroxylation sites is 3. The van der Waals surface area contributed by atoms with E-state index in [1.54, 1.807) is 31.2 Å². The second kappa shape index (κ2) is 7.61. The number of nitrogens with zero attached hydrogens (tertiary/aromatic N) is 2. The molecule has 0 atom stereocenters. The van der Waals surface area contributed by atoms with E-state index in [9.17, 15) is 4.39 Å². The summed E-state index contributed by atoms with van der Waals surface area (Å²) in [6.07, 6.45) is 0. The molecule has 0 unspecified atom stereocenters. The highest BCUT2D eigenvalue weighted by atomic mass is 19.1. The van der Waals surface area contributed by atoms with Gasteiger partial charge in [-0.3, -0.25) is 0 Å². The van der Waals surface area contributed by atoms with E-state index in [4.69, 9.17) is 4.74 Å². The summed E-state index contributed by atoms with van der Waals surface area (Å²) in [5.41, 5.74) is 1.17. The van der Waals surface area contributed by atoms with Gasteiger partial charge in [-0.25, -0.2) is 14.4 Å². The third-order valence-corrected chi connectivity index (χ3v) is 3.42. The topological polar surface area (TPSA) is 59.1 Å². The van der Waals surface area contributed by atoms with E-state index in [1.807, 2.05) is 31.2 Å². The Hall–Kier alpha value is -3.15. The summed E-state index contributed by atoms with van der Waals surface area (Å²) >= 11 is 0. The van der Waals surface area contributed by atoms with Crippen LogP contribution in [0.15, 0.2) is 54.6 Å². The molecular weight excluding hydrogens is 319 g/mol. The number of hydrogen-bond donors (Lipinski definition) is 2. The summed E-state index contributed by atoms with van der Waals surface area (Å²) in [7, 11) is 0. The molecule has 6 heteroatoms. The summed E-state index contributed by atoms with van der Waals surface area (Å²) in [5.74, 6) is 2.07. The summed E-state index contributed by atoms with van der Waals surface area (Å²) in [4.78, 5) is 8.69. The molecule has 25 heavy (non-hydrogen) atoms. The fourth-order valence-electron chi connectivity index (χ4n) is 2.39. The van der Waals surface area contributed by atoms with Gasteiger partial charge in [-0.1, -0.05) is 24.3 Å². The monoisotopic (exact) mass is 338 g/mol. The smallest absolute Gasteiger partial charge is 0.146 e. The summed E-state index contributed by atoms with van der Waals surface area (Å²) in [5, 5.41) is 6.21. The molecule has 2 aromatic carbocycles. The first kappa shape index (κ1) is 16.7.